The van der Waals surface area contributed by atoms with Crippen molar-refractivity contribution in [3.63, 3.8) is 0 Å². The zero-order valence-corrected chi connectivity index (χ0v) is 24.5. The van der Waals surface area contributed by atoms with Gasteiger partial charge in [0, 0.05) is 11.1 Å². The molecule has 3 aromatic carbocycles. The van der Waals surface area contributed by atoms with Crippen LogP contribution in [-0.4, -0.2) is 42.4 Å². The van der Waals surface area contributed by atoms with Crippen molar-refractivity contribution < 1.29 is 18.6 Å². The first kappa shape index (κ1) is 26.5. The van der Waals surface area contributed by atoms with Gasteiger partial charge in [0.05, 0.1) is 33.8 Å². The second kappa shape index (κ2) is 8.65. The second-order valence-electron chi connectivity index (χ2n) is 13.1. The summed E-state index contributed by atoms with van der Waals surface area (Å²) in [6.45, 7) is 18.7. The molecule has 2 aliphatic heterocycles. The minimum atomic E-state index is -0.440. The quantitative estimate of drug-likeness (QED) is 0.323. The van der Waals surface area contributed by atoms with E-state index in [1.54, 1.807) is 0 Å². The summed E-state index contributed by atoms with van der Waals surface area (Å²) in [5, 5.41) is 0. The Hall–Kier alpha value is -2.70. The molecular weight excluding hydrogens is 484 g/mol. The first-order valence-electron chi connectivity index (χ1n) is 13.8. The zero-order chi connectivity index (χ0) is 28.0. The number of rotatable bonds is 3. The van der Waals surface area contributed by atoms with E-state index in [9.17, 15) is 0 Å². The number of aryl methyl sites for hydroxylation is 1. The molecule has 0 spiro atoms. The lowest BCUT2D eigenvalue weighted by Crippen LogP contribution is -2.41. The van der Waals surface area contributed by atoms with Crippen molar-refractivity contribution in [2.45, 2.75) is 84.7 Å². The third-order valence-electron chi connectivity index (χ3n) is 9.21. The van der Waals surface area contributed by atoms with E-state index < -0.39 is 36.6 Å². The van der Waals surface area contributed by atoms with E-state index in [2.05, 4.69) is 123 Å². The predicted molar refractivity (Wildman–Crippen MR) is 160 cm³/mol. The molecule has 0 N–H and O–H groups in total. The summed E-state index contributed by atoms with van der Waals surface area (Å²) < 4.78 is 25.5. The highest BCUT2D eigenvalue weighted by atomic mass is 16.7. The average molecular weight is 521 g/mol. The molecule has 200 valence electrons. The predicted octanol–water partition coefficient (Wildman–Crippen LogP) is 5.74. The molecule has 0 unspecified atom stereocenters. The molecule has 0 aromatic heterocycles. The summed E-state index contributed by atoms with van der Waals surface area (Å²) in [4.78, 5) is 5.19. The molecule has 6 rings (SSSR count). The number of nitrogens with zero attached hydrogens (tertiary/aromatic N) is 1. The first-order valence-corrected chi connectivity index (χ1v) is 13.8. The summed E-state index contributed by atoms with van der Waals surface area (Å²) in [6.07, 6.45) is 0. The highest BCUT2D eigenvalue weighted by Crippen LogP contribution is 2.41. The fraction of sp³-hybridized carbons (Fsp3) is 0.406. The van der Waals surface area contributed by atoms with Gasteiger partial charge in [-0.2, -0.15) is 0 Å². The van der Waals surface area contributed by atoms with Crippen LogP contribution in [0.25, 0.3) is 11.1 Å². The lowest BCUT2D eigenvalue weighted by atomic mass is 9.77. The molecule has 7 heteroatoms. The van der Waals surface area contributed by atoms with Gasteiger partial charge in [-0.1, -0.05) is 54.1 Å². The first-order chi connectivity index (χ1) is 18.2. The summed E-state index contributed by atoms with van der Waals surface area (Å²) >= 11 is 0. The van der Waals surface area contributed by atoms with Crippen LogP contribution in [0.1, 0.15) is 72.1 Å². The Balaban J connectivity index is 1.45. The van der Waals surface area contributed by atoms with Gasteiger partial charge in [0.15, 0.2) is 0 Å². The van der Waals surface area contributed by atoms with Gasteiger partial charge in [0.25, 0.3) is 0 Å². The van der Waals surface area contributed by atoms with Crippen LogP contribution in [-0.2, 0) is 18.6 Å². The highest BCUT2D eigenvalue weighted by molar-refractivity contribution is 6.63. The fourth-order valence-corrected chi connectivity index (χ4v) is 5.25. The van der Waals surface area contributed by atoms with Crippen LogP contribution in [0.5, 0.6) is 0 Å². The van der Waals surface area contributed by atoms with Gasteiger partial charge < -0.3 is 18.6 Å². The molecule has 0 atom stereocenters. The number of hydrogen-bond acceptors (Lipinski definition) is 5. The zero-order valence-electron chi connectivity index (χ0n) is 24.5. The number of benzene rings is 3. The fourth-order valence-electron chi connectivity index (χ4n) is 5.25. The summed E-state index contributed by atoms with van der Waals surface area (Å²) in [5.74, 6) is 0. The standard InChI is InChI=1S/C32H37B2NO4/c1-20-10-14-23(15-11-20)35-28-26-18-21(33-36-29(2,3)30(4,5)37-33)12-16-24(26)25-17-13-22(19-27(25)28)34-38-31(6,7)32(8,9)39-34/h10-19H,1-9H3. The molecule has 1 aliphatic carbocycles. The maximum absolute atomic E-state index is 6.38. The third kappa shape index (κ3) is 4.31. The Bertz CT molecular complexity index is 1370. The Morgan fingerprint density at radius 2 is 0.897 bits per heavy atom. The van der Waals surface area contributed by atoms with Crippen molar-refractivity contribution in [3.8, 4) is 11.1 Å². The van der Waals surface area contributed by atoms with Gasteiger partial charge in [0.1, 0.15) is 0 Å². The van der Waals surface area contributed by atoms with Crippen molar-refractivity contribution in [3.05, 3.63) is 77.4 Å². The van der Waals surface area contributed by atoms with Crippen LogP contribution >= 0.6 is 0 Å². The Morgan fingerprint density at radius 1 is 0.513 bits per heavy atom. The average Bonchev–Trinajstić information content (AvgIpc) is 3.37. The summed E-state index contributed by atoms with van der Waals surface area (Å²) in [5.41, 5.74) is 7.85. The molecular formula is C32H37B2NO4. The second-order valence-corrected chi connectivity index (χ2v) is 13.1. The van der Waals surface area contributed by atoms with Crippen molar-refractivity contribution in [1.82, 2.24) is 0 Å². The minimum absolute atomic E-state index is 0.407. The topological polar surface area (TPSA) is 49.3 Å². The van der Waals surface area contributed by atoms with Crippen LogP contribution in [0.2, 0.25) is 0 Å². The molecule has 3 aromatic rings. The largest absolute Gasteiger partial charge is 0.494 e. The molecule has 2 heterocycles. The van der Waals surface area contributed by atoms with E-state index in [1.807, 2.05) is 0 Å². The normalized spacial score (nSPS) is 21.7. The highest BCUT2D eigenvalue weighted by Gasteiger charge is 2.53. The Morgan fingerprint density at radius 3 is 1.28 bits per heavy atom. The van der Waals surface area contributed by atoms with Crippen LogP contribution in [0.3, 0.4) is 0 Å². The number of hydrogen-bond donors (Lipinski definition) is 0. The van der Waals surface area contributed by atoms with Crippen LogP contribution < -0.4 is 10.9 Å². The van der Waals surface area contributed by atoms with Gasteiger partial charge in [-0.25, -0.2) is 4.99 Å². The molecule has 0 bridgehead atoms. The van der Waals surface area contributed by atoms with E-state index in [1.165, 1.54) is 5.56 Å². The summed E-state index contributed by atoms with van der Waals surface area (Å²) in [6, 6.07) is 21.2. The minimum Gasteiger partial charge on any atom is -0.399 e. The van der Waals surface area contributed by atoms with Crippen LogP contribution in [0, 0.1) is 6.92 Å². The van der Waals surface area contributed by atoms with Gasteiger partial charge >= 0.3 is 14.2 Å². The van der Waals surface area contributed by atoms with E-state index in [0.29, 0.717) is 0 Å². The Kier molecular flexibility index (Phi) is 5.88. The smallest absolute Gasteiger partial charge is 0.399 e. The summed E-state index contributed by atoms with van der Waals surface area (Å²) in [7, 11) is -0.880. The third-order valence-corrected chi connectivity index (χ3v) is 9.21. The molecule has 2 saturated heterocycles. The molecule has 0 amide bonds. The van der Waals surface area contributed by atoms with E-state index in [4.69, 9.17) is 23.6 Å². The van der Waals surface area contributed by atoms with Crippen molar-refractivity contribution >= 4 is 36.6 Å². The molecule has 2 fully saturated rings. The van der Waals surface area contributed by atoms with E-state index >= 15 is 0 Å². The van der Waals surface area contributed by atoms with Crippen LogP contribution in [0.4, 0.5) is 5.69 Å². The number of fused-ring (bicyclic) bond motifs is 3. The molecule has 3 aliphatic rings. The van der Waals surface area contributed by atoms with E-state index in [-0.39, 0.29) is 0 Å². The van der Waals surface area contributed by atoms with Gasteiger partial charge in [-0.15, -0.1) is 0 Å². The maximum atomic E-state index is 6.38. The lowest BCUT2D eigenvalue weighted by molar-refractivity contribution is 0.00578. The van der Waals surface area contributed by atoms with Gasteiger partial charge in [0.2, 0.25) is 0 Å². The van der Waals surface area contributed by atoms with E-state index in [0.717, 1.165) is 44.6 Å². The van der Waals surface area contributed by atoms with Gasteiger partial charge in [-0.05, 0) is 96.5 Å². The lowest BCUT2D eigenvalue weighted by Gasteiger charge is -2.32. The van der Waals surface area contributed by atoms with Gasteiger partial charge in [-0.3, -0.25) is 0 Å². The monoisotopic (exact) mass is 521 g/mol. The number of aliphatic imine (C=N–C) groups is 1. The SMILES string of the molecule is Cc1ccc(N=C2c3cc(B4OC(C)(C)C(C)(C)O4)ccc3-c3ccc(B4OC(C)(C)C(C)(C)O4)cc32)cc1. The Labute approximate surface area is 233 Å². The van der Waals surface area contributed by atoms with Crippen molar-refractivity contribution in [2.24, 2.45) is 4.99 Å². The molecule has 0 radical (unpaired) electrons. The van der Waals surface area contributed by atoms with Crippen molar-refractivity contribution in [2.75, 3.05) is 0 Å². The van der Waals surface area contributed by atoms with Crippen molar-refractivity contribution in [1.29, 1.82) is 0 Å². The molecule has 5 nitrogen and oxygen atoms in total. The van der Waals surface area contributed by atoms with Crippen LogP contribution in [0.15, 0.2) is 65.7 Å². The molecule has 39 heavy (non-hydrogen) atoms. The molecule has 0 saturated carbocycles. The maximum Gasteiger partial charge on any atom is 0.494 e.